The second-order valence-corrected chi connectivity index (χ2v) is 5.45. The molecule has 1 heterocycles. The van der Waals surface area contributed by atoms with Gasteiger partial charge in [0.2, 0.25) is 5.91 Å². The van der Waals surface area contributed by atoms with Crippen LogP contribution in [-0.4, -0.2) is 54.3 Å². The Morgan fingerprint density at radius 3 is 2.65 bits per heavy atom. The Labute approximate surface area is 110 Å². The van der Waals surface area contributed by atoms with Crippen molar-refractivity contribution >= 4 is 17.5 Å². The fraction of sp³-hybridized carbons (Fsp3) is 0.923. The molecule has 17 heavy (non-hydrogen) atoms. The molecule has 0 spiro atoms. The summed E-state index contributed by atoms with van der Waals surface area (Å²) in [4.78, 5) is 15.7. The Morgan fingerprint density at radius 1 is 1.24 bits per heavy atom. The van der Waals surface area contributed by atoms with Crippen molar-refractivity contribution in [2.45, 2.75) is 33.1 Å². The quantitative estimate of drug-likeness (QED) is 0.708. The first-order chi connectivity index (χ1) is 8.13. The summed E-state index contributed by atoms with van der Waals surface area (Å²) in [6.07, 6.45) is 3.42. The highest BCUT2D eigenvalue weighted by Gasteiger charge is 2.16. The standard InChI is InChI=1S/C13H25ClN2O/c1-12(4-6-14)5-9-15-7-3-8-16(11-10-15)13(2)17/h12H,3-11H2,1-2H3. The molecule has 1 amide bonds. The molecule has 4 heteroatoms. The van der Waals surface area contributed by atoms with Crippen molar-refractivity contribution in [3.05, 3.63) is 0 Å². The molecule has 1 fully saturated rings. The third-order valence-corrected chi connectivity index (χ3v) is 3.79. The fourth-order valence-electron chi connectivity index (χ4n) is 2.24. The average Bonchev–Trinajstić information content (AvgIpc) is 2.52. The van der Waals surface area contributed by atoms with Gasteiger partial charge in [-0.15, -0.1) is 11.6 Å². The van der Waals surface area contributed by atoms with Crippen LogP contribution in [0.25, 0.3) is 0 Å². The maximum Gasteiger partial charge on any atom is 0.219 e. The summed E-state index contributed by atoms with van der Waals surface area (Å²) in [6.45, 7) is 9.02. The van der Waals surface area contributed by atoms with Crippen LogP contribution >= 0.6 is 11.6 Å². The van der Waals surface area contributed by atoms with Crippen LogP contribution in [0, 0.1) is 5.92 Å². The first-order valence-electron chi connectivity index (χ1n) is 6.67. The van der Waals surface area contributed by atoms with Crippen LogP contribution in [-0.2, 0) is 4.79 Å². The minimum absolute atomic E-state index is 0.211. The zero-order valence-electron chi connectivity index (χ0n) is 11.1. The summed E-state index contributed by atoms with van der Waals surface area (Å²) in [5.74, 6) is 1.68. The van der Waals surface area contributed by atoms with E-state index in [0.29, 0.717) is 5.92 Å². The zero-order valence-corrected chi connectivity index (χ0v) is 11.9. The number of alkyl halides is 1. The van der Waals surface area contributed by atoms with Crippen molar-refractivity contribution in [2.75, 3.05) is 38.6 Å². The van der Waals surface area contributed by atoms with Crippen LogP contribution in [0.15, 0.2) is 0 Å². The normalized spacial score (nSPS) is 20.1. The van der Waals surface area contributed by atoms with E-state index in [2.05, 4.69) is 11.8 Å². The molecule has 0 aliphatic carbocycles. The lowest BCUT2D eigenvalue weighted by atomic mass is 10.1. The summed E-state index contributed by atoms with van der Waals surface area (Å²) in [5, 5.41) is 0. The molecule has 0 bridgehead atoms. The van der Waals surface area contributed by atoms with Gasteiger partial charge in [-0.2, -0.15) is 0 Å². The van der Waals surface area contributed by atoms with E-state index in [1.807, 2.05) is 4.90 Å². The van der Waals surface area contributed by atoms with Crippen LogP contribution < -0.4 is 0 Å². The fourth-order valence-corrected chi connectivity index (χ4v) is 2.62. The van der Waals surface area contributed by atoms with Gasteiger partial charge in [-0.3, -0.25) is 4.79 Å². The molecular formula is C13H25ClN2O. The lowest BCUT2D eigenvalue weighted by Gasteiger charge is -2.22. The summed E-state index contributed by atoms with van der Waals surface area (Å²) >= 11 is 5.74. The maximum atomic E-state index is 11.3. The van der Waals surface area contributed by atoms with Gasteiger partial charge in [-0.25, -0.2) is 0 Å². The van der Waals surface area contributed by atoms with Gasteiger partial charge in [-0.1, -0.05) is 6.92 Å². The molecule has 0 saturated carbocycles. The van der Waals surface area contributed by atoms with Gasteiger partial charge < -0.3 is 9.80 Å². The number of hydrogen-bond donors (Lipinski definition) is 0. The highest BCUT2D eigenvalue weighted by molar-refractivity contribution is 6.17. The minimum atomic E-state index is 0.211. The van der Waals surface area contributed by atoms with Crippen LogP contribution in [0.5, 0.6) is 0 Å². The van der Waals surface area contributed by atoms with E-state index in [0.717, 1.165) is 51.4 Å². The first-order valence-corrected chi connectivity index (χ1v) is 7.20. The number of amides is 1. The van der Waals surface area contributed by atoms with Gasteiger partial charge in [-0.05, 0) is 38.3 Å². The molecule has 1 saturated heterocycles. The topological polar surface area (TPSA) is 23.6 Å². The first kappa shape index (κ1) is 14.8. The van der Waals surface area contributed by atoms with Crippen LogP contribution in [0.4, 0.5) is 0 Å². The minimum Gasteiger partial charge on any atom is -0.342 e. The Morgan fingerprint density at radius 2 is 2.00 bits per heavy atom. The van der Waals surface area contributed by atoms with Crippen LogP contribution in [0.3, 0.4) is 0 Å². The molecule has 1 atom stereocenters. The van der Waals surface area contributed by atoms with E-state index in [1.54, 1.807) is 6.92 Å². The van der Waals surface area contributed by atoms with Crippen molar-refractivity contribution in [1.29, 1.82) is 0 Å². The second kappa shape index (κ2) is 7.93. The second-order valence-electron chi connectivity index (χ2n) is 5.07. The SMILES string of the molecule is CC(=O)N1CCCN(CCC(C)CCCl)CC1. The van der Waals surface area contributed by atoms with Gasteiger partial charge in [0.1, 0.15) is 0 Å². The van der Waals surface area contributed by atoms with Crippen molar-refractivity contribution in [2.24, 2.45) is 5.92 Å². The summed E-state index contributed by atoms with van der Waals surface area (Å²) < 4.78 is 0. The summed E-state index contributed by atoms with van der Waals surface area (Å²) in [5.41, 5.74) is 0. The predicted octanol–water partition coefficient (Wildman–Crippen LogP) is 2.20. The monoisotopic (exact) mass is 260 g/mol. The largest absolute Gasteiger partial charge is 0.342 e. The van der Waals surface area contributed by atoms with Crippen molar-refractivity contribution in [3.63, 3.8) is 0 Å². The molecule has 3 nitrogen and oxygen atoms in total. The van der Waals surface area contributed by atoms with Gasteiger partial charge in [0, 0.05) is 32.4 Å². The van der Waals surface area contributed by atoms with Crippen LogP contribution in [0.2, 0.25) is 0 Å². The molecule has 100 valence electrons. The number of carbonyl (C=O) groups excluding carboxylic acids is 1. The summed E-state index contributed by atoms with van der Waals surface area (Å²) in [6, 6.07) is 0. The number of rotatable bonds is 5. The molecule has 1 unspecified atom stereocenters. The predicted molar refractivity (Wildman–Crippen MR) is 72.4 cm³/mol. The molecular weight excluding hydrogens is 236 g/mol. The zero-order chi connectivity index (χ0) is 12.7. The Kier molecular flexibility index (Phi) is 6.90. The van der Waals surface area contributed by atoms with E-state index in [1.165, 1.54) is 6.42 Å². The molecule has 1 aliphatic rings. The third-order valence-electron chi connectivity index (χ3n) is 3.57. The van der Waals surface area contributed by atoms with E-state index >= 15 is 0 Å². The molecule has 0 N–H and O–H groups in total. The number of carbonyl (C=O) groups is 1. The van der Waals surface area contributed by atoms with Crippen LogP contribution in [0.1, 0.15) is 33.1 Å². The lowest BCUT2D eigenvalue weighted by molar-refractivity contribution is -0.128. The molecule has 0 aromatic carbocycles. The molecule has 0 radical (unpaired) electrons. The molecule has 1 rings (SSSR count). The van der Waals surface area contributed by atoms with Gasteiger partial charge in [0.25, 0.3) is 0 Å². The van der Waals surface area contributed by atoms with E-state index in [-0.39, 0.29) is 5.91 Å². The lowest BCUT2D eigenvalue weighted by Crippen LogP contribution is -2.34. The Balaban J connectivity index is 2.24. The Bertz CT molecular complexity index is 235. The highest BCUT2D eigenvalue weighted by atomic mass is 35.5. The maximum absolute atomic E-state index is 11.3. The third kappa shape index (κ3) is 5.73. The Hall–Kier alpha value is -0.280. The van der Waals surface area contributed by atoms with Crippen molar-refractivity contribution < 1.29 is 4.79 Å². The van der Waals surface area contributed by atoms with E-state index in [4.69, 9.17) is 11.6 Å². The number of hydrogen-bond acceptors (Lipinski definition) is 2. The van der Waals surface area contributed by atoms with Crippen molar-refractivity contribution in [3.8, 4) is 0 Å². The molecule has 0 aromatic rings. The number of halogens is 1. The number of nitrogens with zero attached hydrogens (tertiary/aromatic N) is 2. The average molecular weight is 261 g/mol. The highest BCUT2D eigenvalue weighted by Crippen LogP contribution is 2.11. The molecule has 0 aromatic heterocycles. The van der Waals surface area contributed by atoms with Gasteiger partial charge in [0.15, 0.2) is 0 Å². The molecule has 1 aliphatic heterocycles. The smallest absolute Gasteiger partial charge is 0.219 e. The summed E-state index contributed by atoms with van der Waals surface area (Å²) in [7, 11) is 0. The van der Waals surface area contributed by atoms with Crippen molar-refractivity contribution in [1.82, 2.24) is 9.80 Å². The van der Waals surface area contributed by atoms with E-state index in [9.17, 15) is 4.79 Å². The van der Waals surface area contributed by atoms with E-state index < -0.39 is 0 Å². The van der Waals surface area contributed by atoms with Gasteiger partial charge in [0.05, 0.1) is 0 Å². The van der Waals surface area contributed by atoms with Gasteiger partial charge >= 0.3 is 0 Å².